The van der Waals surface area contributed by atoms with Crippen LogP contribution in [0.4, 0.5) is 0 Å². The van der Waals surface area contributed by atoms with Gasteiger partial charge in [0, 0.05) is 11.6 Å². The summed E-state index contributed by atoms with van der Waals surface area (Å²) in [5.74, 6) is 1.80. The van der Waals surface area contributed by atoms with Crippen molar-refractivity contribution in [3.8, 4) is 5.75 Å². The molecule has 3 nitrogen and oxygen atoms in total. The summed E-state index contributed by atoms with van der Waals surface area (Å²) in [4.78, 5) is 12.7. The Morgan fingerprint density at radius 2 is 2.10 bits per heavy atom. The Kier molecular flexibility index (Phi) is 4.59. The van der Waals surface area contributed by atoms with E-state index in [-0.39, 0.29) is 11.8 Å². The zero-order chi connectivity index (χ0) is 14.7. The van der Waals surface area contributed by atoms with E-state index < -0.39 is 0 Å². The molecule has 1 saturated carbocycles. The fourth-order valence-corrected chi connectivity index (χ4v) is 3.81. The Hall–Kier alpha value is -1.35. The number of carbonyl (C=O) groups is 1. The van der Waals surface area contributed by atoms with Crippen LogP contribution in [0, 0.1) is 5.92 Å². The third kappa shape index (κ3) is 3.29. The molecular formula is C18H25NO2. The lowest BCUT2D eigenvalue weighted by Gasteiger charge is -2.40. The molecule has 2 aliphatic rings. The highest BCUT2D eigenvalue weighted by Crippen LogP contribution is 2.33. The minimum absolute atomic E-state index is 0.0128. The van der Waals surface area contributed by atoms with Gasteiger partial charge in [0.2, 0.25) is 0 Å². The first-order valence-electron chi connectivity index (χ1n) is 8.31. The molecule has 3 rings (SSSR count). The van der Waals surface area contributed by atoms with Crippen molar-refractivity contribution in [3.63, 3.8) is 0 Å². The van der Waals surface area contributed by atoms with E-state index in [1.54, 1.807) is 0 Å². The largest absolute Gasteiger partial charge is 0.494 e. The predicted octanol–water partition coefficient (Wildman–Crippen LogP) is 3.58. The van der Waals surface area contributed by atoms with E-state index in [0.29, 0.717) is 12.6 Å². The van der Waals surface area contributed by atoms with Gasteiger partial charge in [-0.05, 0) is 50.7 Å². The van der Waals surface area contributed by atoms with Crippen molar-refractivity contribution >= 4 is 5.78 Å². The van der Waals surface area contributed by atoms with E-state index in [9.17, 15) is 4.79 Å². The summed E-state index contributed by atoms with van der Waals surface area (Å²) in [6, 6.07) is 8.13. The molecule has 0 aromatic heterocycles. The average Bonchev–Trinajstić information content (AvgIpc) is 2.54. The van der Waals surface area contributed by atoms with Crippen LogP contribution < -0.4 is 10.1 Å². The molecule has 1 heterocycles. The highest BCUT2D eigenvalue weighted by atomic mass is 16.5. The number of Topliss-reactive ketones (excluding diaryl/α,β-unsaturated/α-hetero) is 1. The van der Waals surface area contributed by atoms with Crippen molar-refractivity contribution in [1.82, 2.24) is 5.32 Å². The van der Waals surface area contributed by atoms with Crippen LogP contribution in [0.1, 0.15) is 55.8 Å². The van der Waals surface area contributed by atoms with Gasteiger partial charge in [-0.15, -0.1) is 0 Å². The number of nitrogens with one attached hydrogen (secondary N) is 1. The average molecular weight is 287 g/mol. The van der Waals surface area contributed by atoms with Crippen molar-refractivity contribution < 1.29 is 9.53 Å². The molecule has 3 heteroatoms. The number of rotatable bonds is 4. The summed E-state index contributed by atoms with van der Waals surface area (Å²) < 4.78 is 5.50. The van der Waals surface area contributed by atoms with Crippen molar-refractivity contribution in [2.24, 2.45) is 5.92 Å². The lowest BCUT2D eigenvalue weighted by molar-refractivity contribution is 0.0861. The van der Waals surface area contributed by atoms with Crippen LogP contribution in [0.2, 0.25) is 0 Å². The Bertz CT molecular complexity index is 500. The van der Waals surface area contributed by atoms with Gasteiger partial charge in [0.05, 0.1) is 12.6 Å². The molecule has 0 radical (unpaired) electrons. The molecule has 21 heavy (non-hydrogen) atoms. The molecule has 3 atom stereocenters. The van der Waals surface area contributed by atoms with Gasteiger partial charge < -0.3 is 10.1 Å². The van der Waals surface area contributed by atoms with Gasteiger partial charge in [0.1, 0.15) is 5.75 Å². The molecule has 3 unspecified atom stereocenters. The van der Waals surface area contributed by atoms with Gasteiger partial charge in [-0.2, -0.15) is 0 Å². The van der Waals surface area contributed by atoms with Crippen LogP contribution in [0.3, 0.4) is 0 Å². The molecule has 1 aliphatic carbocycles. The number of hydrogen-bond acceptors (Lipinski definition) is 3. The topological polar surface area (TPSA) is 38.3 Å². The van der Waals surface area contributed by atoms with E-state index in [1.807, 2.05) is 31.2 Å². The molecule has 1 saturated heterocycles. The minimum atomic E-state index is -0.0128. The van der Waals surface area contributed by atoms with Crippen molar-refractivity contribution in [3.05, 3.63) is 29.8 Å². The third-order valence-corrected chi connectivity index (χ3v) is 4.90. The number of ether oxygens (including phenoxy) is 1. The third-order valence-electron chi connectivity index (χ3n) is 4.90. The summed E-state index contributed by atoms with van der Waals surface area (Å²) >= 11 is 0. The van der Waals surface area contributed by atoms with Crippen LogP contribution in [-0.4, -0.2) is 24.5 Å². The molecule has 1 aromatic carbocycles. The van der Waals surface area contributed by atoms with E-state index >= 15 is 0 Å². The van der Waals surface area contributed by atoms with Gasteiger partial charge >= 0.3 is 0 Å². The summed E-state index contributed by atoms with van der Waals surface area (Å²) in [7, 11) is 0. The number of piperidine rings is 1. The summed E-state index contributed by atoms with van der Waals surface area (Å²) in [5.41, 5.74) is 0.771. The number of benzene rings is 1. The quantitative estimate of drug-likeness (QED) is 0.860. The molecule has 1 aromatic rings. The highest BCUT2D eigenvalue weighted by molar-refractivity contribution is 6.00. The van der Waals surface area contributed by atoms with E-state index in [1.165, 1.54) is 32.1 Å². The number of hydrogen-bond donors (Lipinski definition) is 1. The second-order valence-electron chi connectivity index (χ2n) is 6.27. The van der Waals surface area contributed by atoms with Crippen LogP contribution in [0.5, 0.6) is 5.75 Å². The Morgan fingerprint density at radius 3 is 2.95 bits per heavy atom. The van der Waals surface area contributed by atoms with Crippen molar-refractivity contribution in [1.29, 1.82) is 0 Å². The molecule has 1 N–H and O–H groups in total. The zero-order valence-corrected chi connectivity index (χ0v) is 12.8. The SMILES string of the molecule is CCOc1cccc(C(=O)C2CCC3CCCCC3N2)c1. The number of carbonyl (C=O) groups excluding carboxylic acids is 1. The Balaban J connectivity index is 1.68. The van der Waals surface area contributed by atoms with Crippen LogP contribution in [0.15, 0.2) is 24.3 Å². The smallest absolute Gasteiger partial charge is 0.179 e. The first kappa shape index (κ1) is 14.6. The minimum Gasteiger partial charge on any atom is -0.494 e. The van der Waals surface area contributed by atoms with Gasteiger partial charge in [0.25, 0.3) is 0 Å². The fourth-order valence-electron chi connectivity index (χ4n) is 3.81. The summed E-state index contributed by atoms with van der Waals surface area (Å²) in [6.07, 6.45) is 7.39. The Labute approximate surface area is 127 Å². The second kappa shape index (κ2) is 6.61. The predicted molar refractivity (Wildman–Crippen MR) is 83.8 cm³/mol. The first-order valence-corrected chi connectivity index (χ1v) is 8.31. The molecule has 0 spiro atoms. The zero-order valence-electron chi connectivity index (χ0n) is 12.8. The standard InChI is InChI=1S/C18H25NO2/c1-2-21-15-8-5-7-14(12-15)18(20)17-11-10-13-6-3-4-9-16(13)19-17/h5,7-8,12-13,16-17,19H,2-4,6,9-11H2,1H3. The van der Waals surface area contributed by atoms with Gasteiger partial charge in [0.15, 0.2) is 5.78 Å². The lowest BCUT2D eigenvalue weighted by atomic mass is 9.77. The molecule has 1 aliphatic heterocycles. The van der Waals surface area contributed by atoms with Gasteiger partial charge in [-0.25, -0.2) is 0 Å². The second-order valence-corrected chi connectivity index (χ2v) is 6.27. The Morgan fingerprint density at radius 1 is 1.24 bits per heavy atom. The molecule has 114 valence electrons. The maximum absolute atomic E-state index is 12.7. The summed E-state index contributed by atoms with van der Waals surface area (Å²) in [5, 5.41) is 3.61. The van der Waals surface area contributed by atoms with E-state index in [0.717, 1.165) is 23.7 Å². The molecular weight excluding hydrogens is 262 g/mol. The maximum Gasteiger partial charge on any atom is 0.179 e. The molecule has 0 bridgehead atoms. The van der Waals surface area contributed by atoms with Gasteiger partial charge in [-0.3, -0.25) is 4.79 Å². The maximum atomic E-state index is 12.7. The van der Waals surface area contributed by atoms with Crippen LogP contribution in [0.25, 0.3) is 0 Å². The van der Waals surface area contributed by atoms with Crippen LogP contribution >= 0.6 is 0 Å². The molecule has 2 fully saturated rings. The highest BCUT2D eigenvalue weighted by Gasteiger charge is 2.34. The fraction of sp³-hybridized carbons (Fsp3) is 0.611. The van der Waals surface area contributed by atoms with Gasteiger partial charge in [-0.1, -0.05) is 25.0 Å². The monoisotopic (exact) mass is 287 g/mol. The lowest BCUT2D eigenvalue weighted by Crippen LogP contribution is -2.52. The first-order chi connectivity index (χ1) is 10.3. The van der Waals surface area contributed by atoms with E-state index in [4.69, 9.17) is 4.74 Å². The van der Waals surface area contributed by atoms with E-state index in [2.05, 4.69) is 5.32 Å². The van der Waals surface area contributed by atoms with Crippen LogP contribution in [-0.2, 0) is 0 Å². The van der Waals surface area contributed by atoms with Crippen molar-refractivity contribution in [2.45, 2.75) is 57.5 Å². The number of ketones is 1. The van der Waals surface area contributed by atoms with Crippen molar-refractivity contribution in [2.75, 3.05) is 6.61 Å². The summed E-state index contributed by atoms with van der Waals surface area (Å²) in [6.45, 7) is 2.59. The molecule has 0 amide bonds. The number of fused-ring (bicyclic) bond motifs is 1. The normalized spacial score (nSPS) is 28.7.